The highest BCUT2D eigenvalue weighted by Gasteiger charge is 2.06. The second-order valence-electron chi connectivity index (χ2n) is 3.96. The van der Waals surface area contributed by atoms with Gasteiger partial charge in [0.2, 0.25) is 0 Å². The van der Waals surface area contributed by atoms with Gasteiger partial charge in [0, 0.05) is 25.8 Å². The molecule has 0 atom stereocenters. The normalized spacial score (nSPS) is 10.2. The summed E-state index contributed by atoms with van der Waals surface area (Å²) in [6.07, 6.45) is 1.81. The van der Waals surface area contributed by atoms with Gasteiger partial charge in [0.1, 0.15) is 5.75 Å². The van der Waals surface area contributed by atoms with Crippen LogP contribution in [0.25, 0.3) is 0 Å². The summed E-state index contributed by atoms with van der Waals surface area (Å²) in [5.41, 5.74) is 1.25. The number of amides is 1. The third kappa shape index (κ3) is 4.44. The van der Waals surface area contributed by atoms with Crippen molar-refractivity contribution >= 4 is 5.91 Å². The monoisotopic (exact) mass is 237 g/mol. The average Bonchev–Trinajstić information content (AvgIpc) is 2.32. The van der Waals surface area contributed by atoms with Gasteiger partial charge in [-0.15, -0.1) is 0 Å². The Morgan fingerprint density at radius 1 is 1.41 bits per heavy atom. The molecule has 0 saturated heterocycles. The van der Waals surface area contributed by atoms with Gasteiger partial charge in [-0.25, -0.2) is 0 Å². The fourth-order valence-corrected chi connectivity index (χ4v) is 1.43. The van der Waals surface area contributed by atoms with E-state index in [1.807, 2.05) is 0 Å². The summed E-state index contributed by atoms with van der Waals surface area (Å²) < 4.78 is 4.92. The van der Waals surface area contributed by atoms with Crippen LogP contribution in [-0.2, 0) is 4.74 Å². The lowest BCUT2D eigenvalue weighted by atomic mass is 10.1. The predicted molar refractivity (Wildman–Crippen MR) is 66.3 cm³/mol. The number of carbonyl (C=O) groups excluding carboxylic acids is 1. The fourth-order valence-electron chi connectivity index (χ4n) is 1.43. The van der Waals surface area contributed by atoms with Crippen molar-refractivity contribution in [2.24, 2.45) is 0 Å². The molecule has 2 N–H and O–H groups in total. The van der Waals surface area contributed by atoms with E-state index < -0.39 is 0 Å². The Morgan fingerprint density at radius 2 is 2.18 bits per heavy atom. The Bertz CT molecular complexity index is 377. The molecule has 94 valence electrons. The molecule has 17 heavy (non-hydrogen) atoms. The molecule has 1 amide bonds. The lowest BCUT2D eigenvalue weighted by Gasteiger charge is -2.06. The number of phenolic OH excluding ortho intramolecular Hbond substituents is 1. The maximum absolute atomic E-state index is 11.7. The number of nitrogens with one attached hydrogen (secondary N) is 1. The van der Waals surface area contributed by atoms with Crippen molar-refractivity contribution < 1.29 is 14.6 Å². The van der Waals surface area contributed by atoms with Crippen molar-refractivity contribution in [3.8, 4) is 5.75 Å². The molecule has 4 nitrogen and oxygen atoms in total. The van der Waals surface area contributed by atoms with Gasteiger partial charge < -0.3 is 15.2 Å². The minimum Gasteiger partial charge on any atom is -0.508 e. The van der Waals surface area contributed by atoms with Crippen LogP contribution in [0.15, 0.2) is 18.2 Å². The summed E-state index contributed by atoms with van der Waals surface area (Å²) in [5, 5.41) is 12.3. The SMILES string of the molecule is COCCCCNC(=O)c1ccc(C)c(O)c1. The number of hydrogen-bond acceptors (Lipinski definition) is 3. The van der Waals surface area contributed by atoms with Gasteiger partial charge in [-0.3, -0.25) is 4.79 Å². The molecular formula is C13H19NO3. The standard InChI is InChI=1S/C13H19NO3/c1-10-5-6-11(9-12(10)15)13(16)14-7-3-4-8-17-2/h5-6,9,15H,3-4,7-8H2,1-2H3,(H,14,16). The van der Waals surface area contributed by atoms with E-state index in [-0.39, 0.29) is 11.7 Å². The Labute approximate surface area is 102 Å². The molecule has 1 rings (SSSR count). The number of phenols is 1. The minimum absolute atomic E-state index is 0.150. The summed E-state index contributed by atoms with van der Waals surface area (Å²) in [7, 11) is 1.66. The number of aromatic hydroxyl groups is 1. The predicted octanol–water partition coefficient (Wildman–Crippen LogP) is 1.86. The van der Waals surface area contributed by atoms with Gasteiger partial charge in [-0.2, -0.15) is 0 Å². The Hall–Kier alpha value is -1.55. The number of benzene rings is 1. The summed E-state index contributed by atoms with van der Waals surface area (Å²) in [4.78, 5) is 11.7. The van der Waals surface area contributed by atoms with Crippen molar-refractivity contribution in [3.05, 3.63) is 29.3 Å². The van der Waals surface area contributed by atoms with E-state index in [1.165, 1.54) is 6.07 Å². The highest BCUT2D eigenvalue weighted by atomic mass is 16.5. The number of methoxy groups -OCH3 is 1. The first-order chi connectivity index (χ1) is 8.15. The van der Waals surface area contributed by atoms with E-state index in [4.69, 9.17) is 4.74 Å². The van der Waals surface area contributed by atoms with Gasteiger partial charge >= 0.3 is 0 Å². The van der Waals surface area contributed by atoms with Crippen molar-refractivity contribution in [2.75, 3.05) is 20.3 Å². The van der Waals surface area contributed by atoms with E-state index in [9.17, 15) is 9.90 Å². The molecule has 0 radical (unpaired) electrons. The molecule has 0 heterocycles. The van der Waals surface area contributed by atoms with Gasteiger partial charge in [-0.05, 0) is 37.5 Å². The zero-order valence-electron chi connectivity index (χ0n) is 10.3. The molecule has 0 aliphatic heterocycles. The first kappa shape index (κ1) is 13.5. The van der Waals surface area contributed by atoms with E-state index >= 15 is 0 Å². The molecule has 1 aromatic rings. The lowest BCUT2D eigenvalue weighted by Crippen LogP contribution is -2.24. The molecule has 1 aromatic carbocycles. The third-order valence-electron chi connectivity index (χ3n) is 2.53. The number of aryl methyl sites for hydroxylation is 1. The number of hydrogen-bond donors (Lipinski definition) is 2. The van der Waals surface area contributed by atoms with E-state index in [0.29, 0.717) is 18.7 Å². The topological polar surface area (TPSA) is 58.6 Å². The summed E-state index contributed by atoms with van der Waals surface area (Å²) in [6.45, 7) is 3.12. The Balaban J connectivity index is 2.39. The molecule has 0 aliphatic rings. The van der Waals surface area contributed by atoms with Crippen molar-refractivity contribution in [3.63, 3.8) is 0 Å². The van der Waals surface area contributed by atoms with Gasteiger partial charge in [0.25, 0.3) is 5.91 Å². The van der Waals surface area contributed by atoms with Crippen LogP contribution < -0.4 is 5.32 Å². The maximum atomic E-state index is 11.7. The van der Waals surface area contributed by atoms with Crippen molar-refractivity contribution in [1.29, 1.82) is 0 Å². The molecule has 4 heteroatoms. The number of rotatable bonds is 6. The maximum Gasteiger partial charge on any atom is 0.251 e. The van der Waals surface area contributed by atoms with Gasteiger partial charge in [0.05, 0.1) is 0 Å². The highest BCUT2D eigenvalue weighted by molar-refractivity contribution is 5.94. The molecule has 0 unspecified atom stereocenters. The first-order valence-corrected chi connectivity index (χ1v) is 5.72. The molecule has 0 aliphatic carbocycles. The Morgan fingerprint density at radius 3 is 2.82 bits per heavy atom. The summed E-state index contributed by atoms with van der Waals surface area (Å²) in [6, 6.07) is 4.93. The van der Waals surface area contributed by atoms with Gasteiger partial charge in [0.15, 0.2) is 0 Å². The van der Waals surface area contributed by atoms with Crippen LogP contribution in [0.4, 0.5) is 0 Å². The van der Waals surface area contributed by atoms with Crippen molar-refractivity contribution in [2.45, 2.75) is 19.8 Å². The zero-order valence-corrected chi connectivity index (χ0v) is 10.3. The van der Waals surface area contributed by atoms with Crippen LogP contribution in [0.1, 0.15) is 28.8 Å². The van der Waals surface area contributed by atoms with E-state index in [2.05, 4.69) is 5.32 Å². The summed E-state index contributed by atoms with van der Waals surface area (Å²) >= 11 is 0. The number of ether oxygens (including phenoxy) is 1. The Kier molecular flexibility index (Phi) is 5.49. The first-order valence-electron chi connectivity index (χ1n) is 5.72. The molecule has 0 bridgehead atoms. The van der Waals surface area contributed by atoms with Crippen LogP contribution >= 0.6 is 0 Å². The van der Waals surface area contributed by atoms with Crippen molar-refractivity contribution in [1.82, 2.24) is 5.32 Å². The quantitative estimate of drug-likeness (QED) is 0.742. The fraction of sp³-hybridized carbons (Fsp3) is 0.462. The second-order valence-corrected chi connectivity index (χ2v) is 3.96. The van der Waals surface area contributed by atoms with Crippen LogP contribution in [-0.4, -0.2) is 31.3 Å². The molecular weight excluding hydrogens is 218 g/mol. The lowest BCUT2D eigenvalue weighted by molar-refractivity contribution is 0.0951. The largest absolute Gasteiger partial charge is 0.508 e. The highest BCUT2D eigenvalue weighted by Crippen LogP contribution is 2.17. The van der Waals surface area contributed by atoms with Gasteiger partial charge in [-0.1, -0.05) is 6.07 Å². The third-order valence-corrected chi connectivity index (χ3v) is 2.53. The molecule has 0 saturated carbocycles. The number of unbranched alkanes of at least 4 members (excludes halogenated alkanes) is 1. The van der Waals surface area contributed by atoms with Crippen LogP contribution in [0.5, 0.6) is 5.75 Å². The van der Waals surface area contributed by atoms with Crippen LogP contribution in [0.3, 0.4) is 0 Å². The average molecular weight is 237 g/mol. The molecule has 0 aromatic heterocycles. The smallest absolute Gasteiger partial charge is 0.251 e. The van der Waals surface area contributed by atoms with E-state index in [1.54, 1.807) is 26.2 Å². The van der Waals surface area contributed by atoms with E-state index in [0.717, 1.165) is 18.4 Å². The van der Waals surface area contributed by atoms with Crippen LogP contribution in [0.2, 0.25) is 0 Å². The molecule has 0 fully saturated rings. The van der Waals surface area contributed by atoms with Crippen LogP contribution in [0, 0.1) is 6.92 Å². The number of carbonyl (C=O) groups is 1. The second kappa shape index (κ2) is 6.91. The zero-order chi connectivity index (χ0) is 12.7. The minimum atomic E-state index is -0.155. The molecule has 0 spiro atoms. The summed E-state index contributed by atoms with van der Waals surface area (Å²) in [5.74, 6) is -0.00486.